The molecule has 1 atom stereocenters. The number of amides is 3. The lowest BCUT2D eigenvalue weighted by Gasteiger charge is -2.38. The fraction of sp³-hybridized carbons (Fsp3) is 0.593. The van der Waals surface area contributed by atoms with E-state index < -0.39 is 30.1 Å². The van der Waals surface area contributed by atoms with Crippen LogP contribution in [0.4, 0.5) is 19.8 Å². The largest absolute Gasteiger partial charge is 0.444 e. The van der Waals surface area contributed by atoms with E-state index in [4.69, 9.17) is 19.3 Å². The molecular weight excluding hydrogens is 493 g/mol. The van der Waals surface area contributed by atoms with E-state index in [1.807, 2.05) is 27.7 Å². The fourth-order valence-corrected chi connectivity index (χ4v) is 4.94. The van der Waals surface area contributed by atoms with Crippen LogP contribution in [0.2, 0.25) is 0 Å². The summed E-state index contributed by atoms with van der Waals surface area (Å²) >= 11 is 0. The van der Waals surface area contributed by atoms with Crippen molar-refractivity contribution in [3.05, 3.63) is 40.3 Å². The molecular formula is C27H38FN5O5. The average Bonchev–Trinajstić information content (AvgIpc) is 3.51. The first-order valence-electron chi connectivity index (χ1n) is 12.8. The fourth-order valence-electron chi connectivity index (χ4n) is 4.94. The molecule has 1 aromatic heterocycles. The number of fused-ring (bicyclic) bond motifs is 2. The van der Waals surface area contributed by atoms with Gasteiger partial charge in [-0.1, -0.05) is 0 Å². The highest BCUT2D eigenvalue weighted by Gasteiger charge is 2.56. The normalized spacial score (nSPS) is 17.9. The summed E-state index contributed by atoms with van der Waals surface area (Å²) in [6.07, 6.45) is 0.693. The van der Waals surface area contributed by atoms with Crippen molar-refractivity contribution >= 4 is 17.9 Å². The Bertz CT molecular complexity index is 1210. The molecule has 2 heterocycles. The lowest BCUT2D eigenvalue weighted by molar-refractivity contribution is -0.0970. The number of rotatable bonds is 6. The van der Waals surface area contributed by atoms with Crippen molar-refractivity contribution in [3.8, 4) is 5.69 Å². The molecule has 0 saturated heterocycles. The SMILES string of the molecule is COC(CNC(=O)Nc1c2c(nn1-c1cc(C)c(F)c(C)c1)C1(CC1)CN(C(=O)OC(C)(C)C)[C@H]2C)OC. The van der Waals surface area contributed by atoms with Gasteiger partial charge in [-0.05, 0) is 77.6 Å². The Morgan fingerprint density at radius 2 is 1.79 bits per heavy atom. The number of aryl methyl sites for hydroxylation is 2. The van der Waals surface area contributed by atoms with Gasteiger partial charge in [0.25, 0.3) is 0 Å². The minimum Gasteiger partial charge on any atom is -0.444 e. The number of urea groups is 1. The third-order valence-electron chi connectivity index (χ3n) is 7.12. The molecule has 0 radical (unpaired) electrons. The number of hydrogen-bond donors (Lipinski definition) is 2. The summed E-state index contributed by atoms with van der Waals surface area (Å²) in [5.41, 5.74) is 2.16. The Balaban J connectivity index is 1.79. The van der Waals surface area contributed by atoms with Gasteiger partial charge >= 0.3 is 12.1 Å². The molecule has 208 valence electrons. The molecule has 2 N–H and O–H groups in total. The van der Waals surface area contributed by atoms with Crippen LogP contribution in [0.5, 0.6) is 0 Å². The van der Waals surface area contributed by atoms with Gasteiger partial charge in [-0.25, -0.2) is 18.7 Å². The number of ether oxygens (including phenoxy) is 3. The Hall–Kier alpha value is -3.18. The summed E-state index contributed by atoms with van der Waals surface area (Å²) in [4.78, 5) is 28.0. The van der Waals surface area contributed by atoms with Gasteiger partial charge in [0.2, 0.25) is 0 Å². The summed E-state index contributed by atoms with van der Waals surface area (Å²) in [5.74, 6) is 0.132. The first-order chi connectivity index (χ1) is 17.8. The van der Waals surface area contributed by atoms with E-state index in [1.54, 1.807) is 35.6 Å². The van der Waals surface area contributed by atoms with Crippen LogP contribution < -0.4 is 10.6 Å². The predicted molar refractivity (Wildman–Crippen MR) is 140 cm³/mol. The van der Waals surface area contributed by atoms with Crippen LogP contribution in [0.1, 0.15) is 69.0 Å². The Morgan fingerprint density at radius 1 is 1.18 bits per heavy atom. The van der Waals surface area contributed by atoms with E-state index in [9.17, 15) is 14.0 Å². The molecule has 1 aliphatic heterocycles. The Morgan fingerprint density at radius 3 is 2.32 bits per heavy atom. The molecule has 1 aliphatic carbocycles. The maximum Gasteiger partial charge on any atom is 0.410 e. The van der Waals surface area contributed by atoms with Crippen LogP contribution in [0, 0.1) is 19.7 Å². The van der Waals surface area contributed by atoms with Gasteiger partial charge in [-0.2, -0.15) is 5.10 Å². The van der Waals surface area contributed by atoms with Gasteiger partial charge in [0, 0.05) is 31.7 Å². The quantitative estimate of drug-likeness (QED) is 0.523. The molecule has 1 saturated carbocycles. The molecule has 10 nitrogen and oxygen atoms in total. The number of benzene rings is 1. The van der Waals surface area contributed by atoms with E-state index in [0.29, 0.717) is 29.2 Å². The number of halogens is 1. The van der Waals surface area contributed by atoms with Gasteiger partial charge in [-0.3, -0.25) is 5.32 Å². The number of nitrogens with zero attached hydrogens (tertiary/aromatic N) is 3. The molecule has 3 amide bonds. The van der Waals surface area contributed by atoms with Crippen molar-refractivity contribution in [3.63, 3.8) is 0 Å². The molecule has 2 aromatic rings. The van der Waals surface area contributed by atoms with Crippen molar-refractivity contribution in [2.75, 3.05) is 32.6 Å². The number of hydrogen-bond acceptors (Lipinski definition) is 6. The molecule has 1 fully saturated rings. The number of methoxy groups -OCH3 is 2. The smallest absolute Gasteiger partial charge is 0.410 e. The zero-order valence-electron chi connectivity index (χ0n) is 23.4. The molecule has 2 aliphatic rings. The van der Waals surface area contributed by atoms with Gasteiger partial charge in [0.15, 0.2) is 6.29 Å². The lowest BCUT2D eigenvalue weighted by atomic mass is 9.89. The minimum atomic E-state index is -0.651. The maximum atomic E-state index is 14.5. The van der Waals surface area contributed by atoms with Gasteiger partial charge in [0.1, 0.15) is 17.2 Å². The van der Waals surface area contributed by atoms with E-state index in [2.05, 4.69) is 10.6 Å². The van der Waals surface area contributed by atoms with E-state index in [1.165, 1.54) is 14.2 Å². The van der Waals surface area contributed by atoms with E-state index in [-0.39, 0.29) is 17.8 Å². The number of anilines is 1. The third kappa shape index (κ3) is 5.35. The third-order valence-corrected chi connectivity index (χ3v) is 7.12. The van der Waals surface area contributed by atoms with Crippen LogP contribution >= 0.6 is 0 Å². The molecule has 0 bridgehead atoms. The van der Waals surface area contributed by atoms with Crippen LogP contribution in [-0.4, -0.2) is 66.0 Å². The molecule has 1 spiro atoms. The second-order valence-electron chi connectivity index (χ2n) is 11.2. The highest BCUT2D eigenvalue weighted by molar-refractivity contribution is 5.90. The lowest BCUT2D eigenvalue weighted by Crippen LogP contribution is -2.46. The molecule has 11 heteroatoms. The molecule has 1 aromatic carbocycles. The summed E-state index contributed by atoms with van der Waals surface area (Å²) in [6, 6.07) is 2.48. The van der Waals surface area contributed by atoms with E-state index >= 15 is 0 Å². The first kappa shape index (κ1) is 27.8. The first-order valence-corrected chi connectivity index (χ1v) is 12.8. The number of carbonyl (C=O) groups excluding carboxylic acids is 2. The van der Waals surface area contributed by atoms with Gasteiger partial charge in [0.05, 0.1) is 24.0 Å². The van der Waals surface area contributed by atoms with Crippen LogP contribution in [-0.2, 0) is 19.6 Å². The number of nitrogens with one attached hydrogen (secondary N) is 2. The van der Waals surface area contributed by atoms with Crippen molar-refractivity contribution in [1.29, 1.82) is 0 Å². The summed E-state index contributed by atoms with van der Waals surface area (Å²) in [6.45, 7) is 11.4. The molecule has 38 heavy (non-hydrogen) atoms. The zero-order valence-corrected chi connectivity index (χ0v) is 23.4. The summed E-state index contributed by atoms with van der Waals surface area (Å²) < 4.78 is 32.2. The van der Waals surface area contributed by atoms with Gasteiger partial charge < -0.3 is 24.4 Å². The van der Waals surface area contributed by atoms with Crippen molar-refractivity contribution in [2.24, 2.45) is 0 Å². The maximum absolute atomic E-state index is 14.5. The van der Waals surface area contributed by atoms with Crippen molar-refractivity contribution in [1.82, 2.24) is 20.0 Å². The summed E-state index contributed by atoms with van der Waals surface area (Å²) in [5, 5.41) is 10.7. The van der Waals surface area contributed by atoms with Crippen molar-refractivity contribution in [2.45, 2.75) is 77.7 Å². The van der Waals surface area contributed by atoms with Crippen LogP contribution in [0.3, 0.4) is 0 Å². The van der Waals surface area contributed by atoms with Crippen molar-refractivity contribution < 1.29 is 28.2 Å². The highest BCUT2D eigenvalue weighted by Crippen LogP contribution is 2.56. The summed E-state index contributed by atoms with van der Waals surface area (Å²) in [7, 11) is 2.97. The molecule has 4 rings (SSSR count). The van der Waals surface area contributed by atoms with Crippen LogP contribution in [0.15, 0.2) is 12.1 Å². The second kappa shape index (κ2) is 10.2. The highest BCUT2D eigenvalue weighted by atomic mass is 19.1. The van der Waals surface area contributed by atoms with Crippen LogP contribution in [0.25, 0.3) is 5.69 Å². The zero-order chi connectivity index (χ0) is 28.0. The molecule has 0 unspecified atom stereocenters. The average molecular weight is 532 g/mol. The Kier molecular flexibility index (Phi) is 7.46. The predicted octanol–water partition coefficient (Wildman–Crippen LogP) is 4.71. The Labute approximate surface area is 222 Å². The van der Waals surface area contributed by atoms with E-state index in [0.717, 1.165) is 24.1 Å². The second-order valence-corrected chi connectivity index (χ2v) is 11.2. The monoisotopic (exact) mass is 531 g/mol. The van der Waals surface area contributed by atoms with Gasteiger partial charge in [-0.15, -0.1) is 0 Å². The number of aromatic nitrogens is 2. The minimum absolute atomic E-state index is 0.119. The standard InChI is InChI=1S/C27H38FN5O5/c1-15-11-18(12-16(2)21(15)28)33-23(30-24(34)29-13-19(36-7)37-8)20-17(3)32(25(35)38-26(4,5)6)14-27(9-10-27)22(20)31-33/h11-12,17,19H,9-10,13-14H2,1-8H3,(H2,29,30,34)/t17-/m0/s1. The topological polar surface area (TPSA) is 107 Å². The number of carbonyl (C=O) groups is 2.